The van der Waals surface area contributed by atoms with Gasteiger partial charge in [0, 0.05) is 25.6 Å². The van der Waals surface area contributed by atoms with Gasteiger partial charge in [0.25, 0.3) is 5.91 Å². The number of carbonyl (C=O) groups is 2. The summed E-state index contributed by atoms with van der Waals surface area (Å²) in [5.74, 6) is 0.448. The molecule has 2 aromatic carbocycles. The number of carbonyl (C=O) groups excluding carboxylic acids is 2. The van der Waals surface area contributed by atoms with Crippen LogP contribution in [0.2, 0.25) is 0 Å². The molecule has 2 N–H and O–H groups in total. The zero-order chi connectivity index (χ0) is 17.8. The summed E-state index contributed by atoms with van der Waals surface area (Å²) in [6, 6.07) is 15.5. The van der Waals surface area contributed by atoms with E-state index in [1.807, 2.05) is 30.3 Å². The van der Waals surface area contributed by atoms with Crippen LogP contribution in [0.5, 0.6) is 11.5 Å². The second-order valence-electron chi connectivity index (χ2n) is 5.91. The van der Waals surface area contributed by atoms with E-state index in [-0.39, 0.29) is 12.0 Å². The molecule has 130 valence electrons. The molecule has 1 aliphatic rings. The number of methoxy groups -OCH3 is 1. The van der Waals surface area contributed by atoms with Gasteiger partial charge in [0.15, 0.2) is 0 Å². The first-order valence-electron chi connectivity index (χ1n) is 8.04. The minimum atomic E-state index is -0.656. The van der Waals surface area contributed by atoms with Crippen molar-refractivity contribution in [3.8, 4) is 11.5 Å². The monoisotopic (exact) mass is 340 g/mol. The van der Waals surface area contributed by atoms with E-state index < -0.39 is 11.9 Å². The standard InChI is InChI=1S/C19H20N2O4/c1-24-16-11-17(18(20)22)21(12-16)19(23)13-6-5-9-15(10-13)25-14-7-3-2-4-8-14/h2-10,16-17H,11-12H2,1H3,(H2,20,22)/t16-,17-/m0/s1. The smallest absolute Gasteiger partial charge is 0.254 e. The van der Waals surface area contributed by atoms with Crippen molar-refractivity contribution in [2.45, 2.75) is 18.6 Å². The molecular weight excluding hydrogens is 320 g/mol. The summed E-state index contributed by atoms with van der Waals surface area (Å²) in [5.41, 5.74) is 5.88. The molecular formula is C19H20N2O4. The van der Waals surface area contributed by atoms with E-state index in [1.54, 1.807) is 31.4 Å². The zero-order valence-corrected chi connectivity index (χ0v) is 13.9. The number of nitrogens with zero attached hydrogens (tertiary/aromatic N) is 1. The Hall–Kier alpha value is -2.86. The van der Waals surface area contributed by atoms with Crippen molar-refractivity contribution >= 4 is 11.8 Å². The number of nitrogens with two attached hydrogens (primary N) is 1. The third-order valence-corrected chi connectivity index (χ3v) is 4.25. The predicted molar refractivity (Wildman–Crippen MR) is 92.4 cm³/mol. The minimum Gasteiger partial charge on any atom is -0.457 e. The Bertz CT molecular complexity index is 763. The van der Waals surface area contributed by atoms with Gasteiger partial charge in [-0.1, -0.05) is 24.3 Å². The van der Waals surface area contributed by atoms with Crippen molar-refractivity contribution in [3.05, 3.63) is 60.2 Å². The SMILES string of the molecule is CO[C@H]1C[C@@H](C(N)=O)N(C(=O)c2cccc(Oc3ccccc3)c2)C1. The molecule has 0 unspecified atom stereocenters. The molecule has 1 saturated heterocycles. The van der Waals surface area contributed by atoms with Crippen LogP contribution < -0.4 is 10.5 Å². The molecule has 1 fully saturated rings. The molecule has 0 aliphatic carbocycles. The fraction of sp³-hybridized carbons (Fsp3) is 0.263. The molecule has 3 rings (SSSR count). The topological polar surface area (TPSA) is 81.9 Å². The highest BCUT2D eigenvalue weighted by Crippen LogP contribution is 2.25. The largest absolute Gasteiger partial charge is 0.457 e. The fourth-order valence-corrected chi connectivity index (χ4v) is 2.95. The molecule has 0 aromatic heterocycles. The van der Waals surface area contributed by atoms with Crippen molar-refractivity contribution in [2.75, 3.05) is 13.7 Å². The number of amides is 2. The predicted octanol–water partition coefficient (Wildman–Crippen LogP) is 2.19. The normalized spacial score (nSPS) is 19.6. The summed E-state index contributed by atoms with van der Waals surface area (Å²) >= 11 is 0. The first kappa shape index (κ1) is 17.0. The van der Waals surface area contributed by atoms with Gasteiger partial charge in [-0.2, -0.15) is 0 Å². The molecule has 1 heterocycles. The third-order valence-electron chi connectivity index (χ3n) is 4.25. The molecule has 1 aliphatic heterocycles. The van der Waals surface area contributed by atoms with Crippen molar-refractivity contribution in [1.29, 1.82) is 0 Å². The number of primary amides is 1. The summed E-state index contributed by atoms with van der Waals surface area (Å²) in [7, 11) is 1.56. The first-order valence-corrected chi connectivity index (χ1v) is 8.04. The number of hydrogen-bond acceptors (Lipinski definition) is 4. The van der Waals surface area contributed by atoms with E-state index in [9.17, 15) is 9.59 Å². The second kappa shape index (κ2) is 7.36. The van der Waals surface area contributed by atoms with Crippen molar-refractivity contribution < 1.29 is 19.1 Å². The van der Waals surface area contributed by atoms with Gasteiger partial charge in [-0.05, 0) is 30.3 Å². The van der Waals surface area contributed by atoms with Gasteiger partial charge >= 0.3 is 0 Å². The molecule has 6 nitrogen and oxygen atoms in total. The summed E-state index contributed by atoms with van der Waals surface area (Å²) in [6.45, 7) is 0.340. The number of hydrogen-bond donors (Lipinski definition) is 1. The van der Waals surface area contributed by atoms with Crippen molar-refractivity contribution in [2.24, 2.45) is 5.73 Å². The van der Waals surface area contributed by atoms with Crippen LogP contribution in [0.25, 0.3) is 0 Å². The second-order valence-corrected chi connectivity index (χ2v) is 5.91. The molecule has 6 heteroatoms. The van der Waals surface area contributed by atoms with Gasteiger partial charge in [-0.3, -0.25) is 9.59 Å². The van der Waals surface area contributed by atoms with E-state index in [0.717, 1.165) is 0 Å². The van der Waals surface area contributed by atoms with Crippen molar-refractivity contribution in [3.63, 3.8) is 0 Å². The Balaban J connectivity index is 1.80. The average molecular weight is 340 g/mol. The quantitative estimate of drug-likeness (QED) is 0.904. The summed E-state index contributed by atoms with van der Waals surface area (Å²) < 4.78 is 11.0. The lowest BCUT2D eigenvalue weighted by Crippen LogP contribution is -2.43. The lowest BCUT2D eigenvalue weighted by molar-refractivity contribution is -0.121. The highest BCUT2D eigenvalue weighted by atomic mass is 16.5. The minimum absolute atomic E-state index is 0.190. The molecule has 2 aromatic rings. The molecule has 0 saturated carbocycles. The van der Waals surface area contributed by atoms with Crippen LogP contribution in [0.1, 0.15) is 16.8 Å². The number of likely N-dealkylation sites (tertiary alicyclic amines) is 1. The maximum absolute atomic E-state index is 12.8. The Morgan fingerprint density at radius 3 is 2.48 bits per heavy atom. The maximum Gasteiger partial charge on any atom is 0.254 e. The van der Waals surface area contributed by atoms with E-state index in [4.69, 9.17) is 15.2 Å². The Kier molecular flexibility index (Phi) is 5.00. The number of benzene rings is 2. The lowest BCUT2D eigenvalue weighted by atomic mass is 10.1. The Morgan fingerprint density at radius 2 is 1.80 bits per heavy atom. The summed E-state index contributed by atoms with van der Waals surface area (Å²) in [6.07, 6.45) is 0.225. The molecule has 0 spiro atoms. The van der Waals surface area contributed by atoms with E-state index in [0.29, 0.717) is 30.0 Å². The van der Waals surface area contributed by atoms with Gasteiger partial charge in [-0.25, -0.2) is 0 Å². The number of ether oxygens (including phenoxy) is 2. The first-order chi connectivity index (χ1) is 12.1. The van der Waals surface area contributed by atoms with Crippen LogP contribution in [0.15, 0.2) is 54.6 Å². The van der Waals surface area contributed by atoms with Crippen LogP contribution >= 0.6 is 0 Å². The number of para-hydroxylation sites is 1. The molecule has 25 heavy (non-hydrogen) atoms. The van der Waals surface area contributed by atoms with Crippen LogP contribution in [0.3, 0.4) is 0 Å². The van der Waals surface area contributed by atoms with Crippen LogP contribution in [-0.2, 0) is 9.53 Å². The van der Waals surface area contributed by atoms with Gasteiger partial charge in [0.2, 0.25) is 5.91 Å². The third kappa shape index (κ3) is 3.80. The highest BCUT2D eigenvalue weighted by Gasteiger charge is 2.39. The van der Waals surface area contributed by atoms with E-state index >= 15 is 0 Å². The molecule has 2 amide bonds. The zero-order valence-electron chi connectivity index (χ0n) is 13.9. The summed E-state index contributed by atoms with van der Waals surface area (Å²) in [5, 5.41) is 0. The van der Waals surface area contributed by atoms with E-state index in [2.05, 4.69) is 0 Å². The van der Waals surface area contributed by atoms with Crippen LogP contribution in [0.4, 0.5) is 0 Å². The van der Waals surface area contributed by atoms with Gasteiger partial charge in [0.1, 0.15) is 17.5 Å². The van der Waals surface area contributed by atoms with Gasteiger partial charge < -0.3 is 20.1 Å². The molecule has 0 bridgehead atoms. The van der Waals surface area contributed by atoms with Gasteiger partial charge in [0.05, 0.1) is 6.10 Å². The highest BCUT2D eigenvalue weighted by molar-refractivity contribution is 5.98. The van der Waals surface area contributed by atoms with Crippen LogP contribution in [0, 0.1) is 0 Å². The lowest BCUT2D eigenvalue weighted by Gasteiger charge is -2.22. The molecule has 0 radical (unpaired) electrons. The fourth-order valence-electron chi connectivity index (χ4n) is 2.95. The average Bonchev–Trinajstić information content (AvgIpc) is 3.07. The van der Waals surface area contributed by atoms with Crippen molar-refractivity contribution in [1.82, 2.24) is 4.90 Å². The number of rotatable bonds is 5. The Morgan fingerprint density at radius 1 is 1.08 bits per heavy atom. The summed E-state index contributed by atoms with van der Waals surface area (Å²) in [4.78, 5) is 26.0. The van der Waals surface area contributed by atoms with Crippen LogP contribution in [-0.4, -0.2) is 42.5 Å². The van der Waals surface area contributed by atoms with E-state index in [1.165, 1.54) is 4.90 Å². The Labute approximate surface area is 146 Å². The van der Waals surface area contributed by atoms with Gasteiger partial charge in [-0.15, -0.1) is 0 Å². The molecule has 2 atom stereocenters. The maximum atomic E-state index is 12.8.